The topological polar surface area (TPSA) is 0 Å². The van der Waals surface area contributed by atoms with E-state index in [-0.39, 0.29) is 5.41 Å². The number of hydrogen-bond acceptors (Lipinski definition) is 0. The summed E-state index contributed by atoms with van der Waals surface area (Å²) in [6.07, 6.45) is 13.1. The van der Waals surface area contributed by atoms with Gasteiger partial charge in [-0.15, -0.1) is 0 Å². The molecule has 0 atom stereocenters. The first-order chi connectivity index (χ1) is 12.5. The molecule has 0 fully saturated rings. The van der Waals surface area contributed by atoms with Gasteiger partial charge in [-0.3, -0.25) is 0 Å². The van der Waals surface area contributed by atoms with E-state index in [4.69, 9.17) is 0 Å². The molecule has 0 N–H and O–H groups in total. The minimum atomic E-state index is 0.285. The van der Waals surface area contributed by atoms with Gasteiger partial charge in [0.25, 0.3) is 0 Å². The van der Waals surface area contributed by atoms with Crippen LogP contribution in [0, 0.1) is 11.3 Å². The highest BCUT2D eigenvalue weighted by molar-refractivity contribution is 5.36. The first-order valence-corrected chi connectivity index (χ1v) is 11.9. The number of rotatable bonds is 11. The summed E-state index contributed by atoms with van der Waals surface area (Å²) in [7, 11) is 0. The van der Waals surface area contributed by atoms with Crippen molar-refractivity contribution >= 4 is 0 Å². The van der Waals surface area contributed by atoms with Gasteiger partial charge in [0.1, 0.15) is 0 Å². The third-order valence-electron chi connectivity index (χ3n) is 4.24. The van der Waals surface area contributed by atoms with Crippen molar-refractivity contribution in [2.24, 2.45) is 11.3 Å². The molecule has 0 radical (unpaired) electrons. The van der Waals surface area contributed by atoms with Crippen LogP contribution in [0.3, 0.4) is 0 Å². The van der Waals surface area contributed by atoms with Gasteiger partial charge in [0.15, 0.2) is 0 Å². The van der Waals surface area contributed by atoms with Gasteiger partial charge in [-0.25, -0.2) is 0 Å². The van der Waals surface area contributed by atoms with E-state index in [9.17, 15) is 0 Å². The quantitative estimate of drug-likeness (QED) is 0.247. The van der Waals surface area contributed by atoms with E-state index in [1.165, 1.54) is 80.9 Å². The fraction of sp³-hybridized carbons (Fsp3) is 0.852. The van der Waals surface area contributed by atoms with Gasteiger partial charge in [0, 0.05) is 0 Å². The second-order valence-electron chi connectivity index (χ2n) is 9.57. The van der Waals surface area contributed by atoms with Crippen LogP contribution in [-0.4, -0.2) is 0 Å². The van der Waals surface area contributed by atoms with Gasteiger partial charge < -0.3 is 0 Å². The number of allylic oxidation sites excluding steroid dienone is 3. The Bertz CT molecular complexity index is 347. The lowest BCUT2D eigenvalue weighted by Crippen LogP contribution is -2.17. The molecule has 0 aromatic carbocycles. The monoisotopic (exact) mass is 380 g/mol. The van der Waals surface area contributed by atoms with E-state index in [0.717, 1.165) is 5.92 Å². The molecule has 0 aliphatic carbocycles. The molecule has 0 heteroatoms. The lowest BCUT2D eigenvalue weighted by molar-refractivity contribution is 0.401. The summed E-state index contributed by atoms with van der Waals surface area (Å²) in [6, 6.07) is 0. The largest absolute Gasteiger partial charge is 0.0955 e. The van der Waals surface area contributed by atoms with Gasteiger partial charge in [0.05, 0.1) is 0 Å². The molecule has 0 aromatic heterocycles. The van der Waals surface area contributed by atoms with Crippen LogP contribution in [-0.2, 0) is 0 Å². The molecule has 0 aliphatic heterocycles. The second kappa shape index (κ2) is 20.2. The van der Waals surface area contributed by atoms with E-state index >= 15 is 0 Å². The smallest absolute Gasteiger partial charge is 0.0102 e. The molecule has 0 unspecified atom stereocenters. The average molecular weight is 381 g/mol. The lowest BCUT2D eigenvalue weighted by Gasteiger charge is -2.31. The molecule has 0 nitrogen and oxygen atoms in total. The molecule has 0 saturated carbocycles. The summed E-state index contributed by atoms with van der Waals surface area (Å²) in [5.41, 5.74) is 4.67. The summed E-state index contributed by atoms with van der Waals surface area (Å²) in [5, 5.41) is 0. The Morgan fingerprint density at radius 1 is 0.778 bits per heavy atom. The van der Waals surface area contributed by atoms with Crippen LogP contribution >= 0.6 is 0 Å². The van der Waals surface area contributed by atoms with Gasteiger partial charge in [-0.1, -0.05) is 125 Å². The van der Waals surface area contributed by atoms with Crippen molar-refractivity contribution in [1.29, 1.82) is 0 Å². The van der Waals surface area contributed by atoms with Crippen LogP contribution in [0.2, 0.25) is 0 Å². The Kier molecular flexibility index (Phi) is 23.4. The van der Waals surface area contributed by atoms with E-state index in [0.29, 0.717) is 0 Å². The second-order valence-corrected chi connectivity index (χ2v) is 9.57. The van der Waals surface area contributed by atoms with Crippen molar-refractivity contribution < 1.29 is 0 Å². The predicted octanol–water partition coefficient (Wildman–Crippen LogP) is 10.5. The van der Waals surface area contributed by atoms with Gasteiger partial charge >= 0.3 is 0 Å². The SMILES string of the molecule is C=C(CCCCCCCC)C(=C(C)C)C(C)(C)CCC.CC(C)C.CCC. The number of hydrogen-bond donors (Lipinski definition) is 0. The van der Waals surface area contributed by atoms with Crippen molar-refractivity contribution in [2.75, 3.05) is 0 Å². The normalized spacial score (nSPS) is 10.5. The van der Waals surface area contributed by atoms with Crippen molar-refractivity contribution in [3.63, 3.8) is 0 Å². The van der Waals surface area contributed by atoms with Crippen molar-refractivity contribution in [3.8, 4) is 0 Å². The maximum atomic E-state index is 4.40. The summed E-state index contributed by atoms with van der Waals surface area (Å²) in [4.78, 5) is 0. The van der Waals surface area contributed by atoms with E-state index < -0.39 is 0 Å². The number of unbranched alkanes of at least 4 members (excludes halogenated alkanes) is 5. The van der Waals surface area contributed by atoms with Crippen LogP contribution in [0.5, 0.6) is 0 Å². The first kappa shape index (κ1) is 31.2. The zero-order valence-electron chi connectivity index (χ0n) is 21.4. The third-order valence-corrected chi connectivity index (χ3v) is 4.24. The maximum Gasteiger partial charge on any atom is -0.0102 e. The molecular formula is C27H56. The van der Waals surface area contributed by atoms with Crippen molar-refractivity contribution in [1.82, 2.24) is 0 Å². The average Bonchev–Trinajstić information content (AvgIpc) is 2.50. The van der Waals surface area contributed by atoms with Crippen molar-refractivity contribution in [3.05, 3.63) is 23.3 Å². The fourth-order valence-corrected chi connectivity index (χ4v) is 3.50. The molecule has 0 heterocycles. The first-order valence-electron chi connectivity index (χ1n) is 11.9. The summed E-state index contributed by atoms with van der Waals surface area (Å²) < 4.78 is 0. The highest BCUT2D eigenvalue weighted by Gasteiger charge is 2.24. The van der Waals surface area contributed by atoms with Gasteiger partial charge in [0.2, 0.25) is 0 Å². The Morgan fingerprint density at radius 2 is 1.19 bits per heavy atom. The van der Waals surface area contributed by atoms with E-state index in [1.54, 1.807) is 0 Å². The minimum absolute atomic E-state index is 0.285. The molecule has 0 spiro atoms. The van der Waals surface area contributed by atoms with Crippen LogP contribution in [0.15, 0.2) is 23.3 Å². The highest BCUT2D eigenvalue weighted by Crippen LogP contribution is 2.39. The zero-order valence-corrected chi connectivity index (χ0v) is 21.4. The van der Waals surface area contributed by atoms with Crippen LogP contribution < -0.4 is 0 Å². The molecular weight excluding hydrogens is 324 g/mol. The third kappa shape index (κ3) is 21.6. The highest BCUT2D eigenvalue weighted by atomic mass is 14.3. The van der Waals surface area contributed by atoms with Gasteiger partial charge in [-0.05, 0) is 50.0 Å². The van der Waals surface area contributed by atoms with Gasteiger partial charge in [-0.2, -0.15) is 0 Å². The minimum Gasteiger partial charge on any atom is -0.0955 e. The Morgan fingerprint density at radius 3 is 1.56 bits per heavy atom. The zero-order chi connectivity index (χ0) is 21.9. The molecule has 0 bridgehead atoms. The maximum absolute atomic E-state index is 4.40. The molecule has 0 aromatic rings. The molecule has 0 rings (SSSR count). The summed E-state index contributed by atoms with van der Waals surface area (Å²) >= 11 is 0. The van der Waals surface area contributed by atoms with E-state index in [2.05, 4.69) is 82.7 Å². The molecule has 0 aliphatic rings. The fourth-order valence-electron chi connectivity index (χ4n) is 3.50. The lowest BCUT2D eigenvalue weighted by atomic mass is 9.74. The molecule has 164 valence electrons. The predicted molar refractivity (Wildman–Crippen MR) is 131 cm³/mol. The van der Waals surface area contributed by atoms with Crippen molar-refractivity contribution in [2.45, 2.75) is 140 Å². The Labute approximate surface area is 175 Å². The standard InChI is InChI=1S/C20H38.C4H10.C3H8/c1-8-10-11-12-13-14-15-18(5)19(17(3)4)20(6,7)16-9-2;1-4(2)3;1-3-2/h5,8-16H2,1-4,6-7H3;4H,1-3H3;3H2,1-2H3. The molecule has 0 saturated heterocycles. The molecule has 27 heavy (non-hydrogen) atoms. The molecule has 0 amide bonds. The van der Waals surface area contributed by atoms with Crippen LogP contribution in [0.1, 0.15) is 140 Å². The van der Waals surface area contributed by atoms with E-state index in [1.807, 2.05) is 0 Å². The summed E-state index contributed by atoms with van der Waals surface area (Å²) in [5.74, 6) is 0.833. The summed E-state index contributed by atoms with van der Waals surface area (Å²) in [6.45, 7) is 29.0. The Balaban J connectivity index is -0.000000703. The van der Waals surface area contributed by atoms with Crippen LogP contribution in [0.4, 0.5) is 0 Å². The van der Waals surface area contributed by atoms with Crippen LogP contribution in [0.25, 0.3) is 0 Å². The Hall–Kier alpha value is -0.520.